The van der Waals surface area contributed by atoms with E-state index >= 15 is 0 Å². The minimum atomic E-state index is -0.608. The van der Waals surface area contributed by atoms with Gasteiger partial charge in [0, 0.05) is 0 Å². The standard InChI is InChI=1S/C9H8Cl2O/c10-6-8(12)9(11)7-4-2-1-3-5-7/h1-5,9H,6H2. The molecule has 0 saturated heterocycles. The fourth-order valence-corrected chi connectivity index (χ4v) is 1.33. The number of alkyl halides is 2. The van der Waals surface area contributed by atoms with Crippen LogP contribution in [0.4, 0.5) is 0 Å². The molecule has 1 aromatic carbocycles. The molecule has 64 valence electrons. The fourth-order valence-electron chi connectivity index (χ4n) is 0.876. The van der Waals surface area contributed by atoms with Gasteiger partial charge in [-0.3, -0.25) is 4.79 Å². The maximum atomic E-state index is 11.0. The lowest BCUT2D eigenvalue weighted by Crippen LogP contribution is -2.07. The second kappa shape index (κ2) is 4.48. The van der Waals surface area contributed by atoms with Crippen LogP contribution in [-0.2, 0) is 4.79 Å². The van der Waals surface area contributed by atoms with Gasteiger partial charge in [-0.15, -0.1) is 23.2 Å². The molecule has 0 saturated carbocycles. The van der Waals surface area contributed by atoms with Crippen molar-refractivity contribution in [1.82, 2.24) is 0 Å². The summed E-state index contributed by atoms with van der Waals surface area (Å²) in [4.78, 5) is 11.0. The number of hydrogen-bond donors (Lipinski definition) is 0. The lowest BCUT2D eigenvalue weighted by Gasteiger charge is -2.05. The molecule has 0 radical (unpaired) electrons. The third kappa shape index (κ3) is 2.23. The minimum Gasteiger partial charge on any atom is -0.296 e. The maximum absolute atomic E-state index is 11.0. The van der Waals surface area contributed by atoms with Crippen LogP contribution in [0.25, 0.3) is 0 Å². The largest absolute Gasteiger partial charge is 0.296 e. The Hall–Kier alpha value is -0.530. The molecule has 0 bridgehead atoms. The normalized spacial score (nSPS) is 12.5. The zero-order valence-electron chi connectivity index (χ0n) is 6.34. The van der Waals surface area contributed by atoms with Crippen molar-refractivity contribution < 1.29 is 4.79 Å². The molecule has 1 nitrogen and oxygen atoms in total. The fraction of sp³-hybridized carbons (Fsp3) is 0.222. The Morgan fingerprint density at radius 3 is 2.42 bits per heavy atom. The van der Waals surface area contributed by atoms with Crippen molar-refractivity contribution >= 4 is 29.0 Å². The first-order chi connectivity index (χ1) is 5.75. The molecule has 0 amide bonds. The summed E-state index contributed by atoms with van der Waals surface area (Å²) >= 11 is 11.2. The second-order valence-electron chi connectivity index (χ2n) is 2.37. The van der Waals surface area contributed by atoms with Crippen molar-refractivity contribution in [2.24, 2.45) is 0 Å². The Bertz CT molecular complexity index is 258. The summed E-state index contributed by atoms with van der Waals surface area (Å²) in [6.45, 7) is 0. The molecule has 1 rings (SSSR count). The highest BCUT2D eigenvalue weighted by Crippen LogP contribution is 2.21. The number of benzene rings is 1. The number of carbonyl (C=O) groups excluding carboxylic acids is 1. The molecule has 1 atom stereocenters. The molecule has 0 heterocycles. The summed E-state index contributed by atoms with van der Waals surface area (Å²) < 4.78 is 0. The van der Waals surface area contributed by atoms with E-state index in [9.17, 15) is 4.79 Å². The summed E-state index contributed by atoms with van der Waals surface area (Å²) in [7, 11) is 0. The highest BCUT2D eigenvalue weighted by molar-refractivity contribution is 6.38. The first-order valence-electron chi connectivity index (χ1n) is 3.53. The van der Waals surface area contributed by atoms with E-state index in [1.54, 1.807) is 0 Å². The zero-order valence-corrected chi connectivity index (χ0v) is 7.85. The van der Waals surface area contributed by atoms with Gasteiger partial charge in [0.1, 0.15) is 5.38 Å². The summed E-state index contributed by atoms with van der Waals surface area (Å²) in [5, 5.41) is -0.608. The topological polar surface area (TPSA) is 17.1 Å². The molecule has 0 aliphatic carbocycles. The molecule has 1 unspecified atom stereocenters. The van der Waals surface area contributed by atoms with Crippen LogP contribution in [0.3, 0.4) is 0 Å². The van der Waals surface area contributed by atoms with Gasteiger partial charge in [0.15, 0.2) is 5.78 Å². The monoisotopic (exact) mass is 202 g/mol. The third-order valence-corrected chi connectivity index (χ3v) is 2.27. The average molecular weight is 203 g/mol. The summed E-state index contributed by atoms with van der Waals surface area (Å²) in [5.41, 5.74) is 0.796. The molecule has 0 aliphatic heterocycles. The van der Waals surface area contributed by atoms with Gasteiger partial charge in [-0.2, -0.15) is 0 Å². The average Bonchev–Trinajstić information content (AvgIpc) is 2.17. The Morgan fingerprint density at radius 2 is 1.92 bits per heavy atom. The quantitative estimate of drug-likeness (QED) is 0.690. The first-order valence-corrected chi connectivity index (χ1v) is 4.50. The smallest absolute Gasteiger partial charge is 0.169 e. The van der Waals surface area contributed by atoms with Gasteiger partial charge in [-0.1, -0.05) is 30.3 Å². The Morgan fingerprint density at radius 1 is 1.33 bits per heavy atom. The van der Waals surface area contributed by atoms with E-state index in [4.69, 9.17) is 23.2 Å². The van der Waals surface area contributed by atoms with Crippen molar-refractivity contribution in [3.8, 4) is 0 Å². The van der Waals surface area contributed by atoms with Crippen LogP contribution >= 0.6 is 23.2 Å². The lowest BCUT2D eigenvalue weighted by molar-refractivity contribution is -0.116. The van der Waals surface area contributed by atoms with Gasteiger partial charge in [0.25, 0.3) is 0 Å². The molecule has 0 N–H and O–H groups in total. The Kier molecular flexibility index (Phi) is 3.57. The summed E-state index contributed by atoms with van der Waals surface area (Å²) in [6, 6.07) is 9.17. The third-order valence-electron chi connectivity index (χ3n) is 1.51. The van der Waals surface area contributed by atoms with Crippen LogP contribution in [0, 0.1) is 0 Å². The van der Waals surface area contributed by atoms with Gasteiger partial charge >= 0.3 is 0 Å². The number of carbonyl (C=O) groups is 1. The van der Waals surface area contributed by atoms with E-state index in [2.05, 4.69) is 0 Å². The van der Waals surface area contributed by atoms with Crippen LogP contribution in [-0.4, -0.2) is 11.7 Å². The molecular formula is C9H8Cl2O. The van der Waals surface area contributed by atoms with Crippen molar-refractivity contribution in [3.63, 3.8) is 0 Å². The SMILES string of the molecule is O=C(CCl)C(Cl)c1ccccc1. The van der Waals surface area contributed by atoms with Gasteiger partial charge < -0.3 is 0 Å². The van der Waals surface area contributed by atoms with Gasteiger partial charge in [0.2, 0.25) is 0 Å². The predicted octanol–water partition coefficient (Wildman–Crippen LogP) is 2.77. The van der Waals surface area contributed by atoms with E-state index in [1.807, 2.05) is 30.3 Å². The van der Waals surface area contributed by atoms with Crippen molar-refractivity contribution in [2.75, 3.05) is 5.88 Å². The van der Waals surface area contributed by atoms with Gasteiger partial charge in [-0.05, 0) is 5.56 Å². The molecule has 0 aliphatic rings. The molecule has 0 aromatic heterocycles. The molecule has 1 aromatic rings. The van der Waals surface area contributed by atoms with E-state index in [1.165, 1.54) is 0 Å². The van der Waals surface area contributed by atoms with Crippen LogP contribution < -0.4 is 0 Å². The highest BCUT2D eigenvalue weighted by atomic mass is 35.5. The van der Waals surface area contributed by atoms with Gasteiger partial charge in [0.05, 0.1) is 5.88 Å². The number of Topliss-reactive ketones (excluding diaryl/α,β-unsaturated/α-hetero) is 1. The van der Waals surface area contributed by atoms with E-state index in [0.717, 1.165) is 5.56 Å². The molecular weight excluding hydrogens is 195 g/mol. The molecule has 0 spiro atoms. The van der Waals surface area contributed by atoms with Crippen LogP contribution in [0.15, 0.2) is 30.3 Å². The second-order valence-corrected chi connectivity index (χ2v) is 3.08. The van der Waals surface area contributed by atoms with E-state index in [-0.39, 0.29) is 11.7 Å². The van der Waals surface area contributed by atoms with Crippen molar-refractivity contribution in [1.29, 1.82) is 0 Å². The number of halogens is 2. The van der Waals surface area contributed by atoms with Crippen molar-refractivity contribution in [2.45, 2.75) is 5.38 Å². The highest BCUT2D eigenvalue weighted by Gasteiger charge is 2.15. The van der Waals surface area contributed by atoms with Crippen LogP contribution in [0.5, 0.6) is 0 Å². The van der Waals surface area contributed by atoms with E-state index < -0.39 is 5.38 Å². The zero-order chi connectivity index (χ0) is 8.97. The molecule has 12 heavy (non-hydrogen) atoms. The molecule has 0 fully saturated rings. The Balaban J connectivity index is 2.78. The number of ketones is 1. The Labute approximate surface area is 81.3 Å². The first kappa shape index (κ1) is 9.56. The number of hydrogen-bond acceptors (Lipinski definition) is 1. The minimum absolute atomic E-state index is 0.0386. The van der Waals surface area contributed by atoms with Crippen LogP contribution in [0.2, 0.25) is 0 Å². The molecule has 3 heteroatoms. The van der Waals surface area contributed by atoms with Crippen LogP contribution in [0.1, 0.15) is 10.9 Å². The number of rotatable bonds is 3. The van der Waals surface area contributed by atoms with Gasteiger partial charge in [-0.25, -0.2) is 0 Å². The maximum Gasteiger partial charge on any atom is 0.169 e. The lowest BCUT2D eigenvalue weighted by atomic mass is 10.1. The summed E-state index contributed by atoms with van der Waals surface area (Å²) in [5.74, 6) is -0.201. The van der Waals surface area contributed by atoms with E-state index in [0.29, 0.717) is 0 Å². The summed E-state index contributed by atoms with van der Waals surface area (Å²) in [6.07, 6.45) is 0. The predicted molar refractivity (Wildman–Crippen MR) is 50.8 cm³/mol. The van der Waals surface area contributed by atoms with Crippen molar-refractivity contribution in [3.05, 3.63) is 35.9 Å².